The second-order valence-corrected chi connectivity index (χ2v) is 7.65. The molecule has 0 aliphatic carbocycles. The molecular formula is C22H43IN4O2. The van der Waals surface area contributed by atoms with Gasteiger partial charge in [0.15, 0.2) is 5.96 Å². The Morgan fingerprint density at radius 3 is 2.55 bits per heavy atom. The van der Waals surface area contributed by atoms with E-state index in [1.807, 2.05) is 12.2 Å². The number of aliphatic imine (C=N–C) groups is 1. The first-order chi connectivity index (χ1) is 13.6. The molecule has 2 atom stereocenters. The molecule has 0 aromatic heterocycles. The molecule has 1 aliphatic heterocycles. The second-order valence-electron chi connectivity index (χ2n) is 7.65. The van der Waals surface area contributed by atoms with Crippen molar-refractivity contribution in [2.45, 2.75) is 39.7 Å². The van der Waals surface area contributed by atoms with Gasteiger partial charge in [0.2, 0.25) is 0 Å². The zero-order chi connectivity index (χ0) is 20.6. The Hall–Kier alpha value is -0.640. The normalized spacial score (nSPS) is 17.8. The molecule has 1 fully saturated rings. The van der Waals surface area contributed by atoms with Gasteiger partial charge in [0.05, 0.1) is 19.8 Å². The van der Waals surface area contributed by atoms with Crippen molar-refractivity contribution in [1.29, 1.82) is 0 Å². The third kappa shape index (κ3) is 12.6. The number of hydrogen-bond acceptors (Lipinski definition) is 4. The van der Waals surface area contributed by atoms with Gasteiger partial charge in [-0.25, -0.2) is 0 Å². The molecule has 170 valence electrons. The van der Waals surface area contributed by atoms with Crippen LogP contribution in [0, 0.1) is 11.8 Å². The highest BCUT2D eigenvalue weighted by molar-refractivity contribution is 14.0. The molecule has 1 rings (SSSR count). The van der Waals surface area contributed by atoms with Gasteiger partial charge in [0.25, 0.3) is 0 Å². The van der Waals surface area contributed by atoms with Gasteiger partial charge >= 0.3 is 0 Å². The standard InChI is InChI=1S/C22H42N4O2.HI/c1-6-12-26(13-7-2)21(19(4)5)16-25-22(23-8-3)24-11-9-14-27-17-20-10-15-28-18-20;/h6-7,19-21H,1-2,8-18H2,3-5H3,(H2,23,24,25);1H. The van der Waals surface area contributed by atoms with Gasteiger partial charge in [-0.3, -0.25) is 9.89 Å². The minimum atomic E-state index is 0. The fourth-order valence-corrected chi connectivity index (χ4v) is 3.30. The Morgan fingerprint density at radius 2 is 2.00 bits per heavy atom. The van der Waals surface area contributed by atoms with E-state index in [-0.39, 0.29) is 24.0 Å². The van der Waals surface area contributed by atoms with E-state index in [2.05, 4.69) is 49.5 Å². The van der Waals surface area contributed by atoms with Crippen LogP contribution in [0.1, 0.15) is 33.6 Å². The molecule has 29 heavy (non-hydrogen) atoms. The summed E-state index contributed by atoms with van der Waals surface area (Å²) in [6, 6.07) is 0.350. The Morgan fingerprint density at radius 1 is 1.28 bits per heavy atom. The van der Waals surface area contributed by atoms with Crippen molar-refractivity contribution in [3.63, 3.8) is 0 Å². The van der Waals surface area contributed by atoms with Crippen molar-refractivity contribution in [2.24, 2.45) is 16.8 Å². The summed E-state index contributed by atoms with van der Waals surface area (Å²) in [4.78, 5) is 7.20. The number of halogens is 1. The van der Waals surface area contributed by atoms with E-state index in [4.69, 9.17) is 14.5 Å². The summed E-state index contributed by atoms with van der Waals surface area (Å²) >= 11 is 0. The first kappa shape index (κ1) is 28.4. The summed E-state index contributed by atoms with van der Waals surface area (Å²) in [5.74, 6) is 1.95. The highest BCUT2D eigenvalue weighted by Crippen LogP contribution is 2.13. The molecule has 0 aromatic carbocycles. The molecule has 2 unspecified atom stereocenters. The van der Waals surface area contributed by atoms with Crippen molar-refractivity contribution >= 4 is 29.9 Å². The molecule has 6 nitrogen and oxygen atoms in total. The molecule has 1 saturated heterocycles. The van der Waals surface area contributed by atoms with Gasteiger partial charge in [-0.1, -0.05) is 26.0 Å². The van der Waals surface area contributed by atoms with E-state index < -0.39 is 0 Å². The maximum Gasteiger partial charge on any atom is 0.191 e. The van der Waals surface area contributed by atoms with Crippen LogP contribution in [0.25, 0.3) is 0 Å². The van der Waals surface area contributed by atoms with Crippen LogP contribution in [-0.2, 0) is 9.47 Å². The average Bonchev–Trinajstić information content (AvgIpc) is 3.18. The molecule has 0 aromatic rings. The van der Waals surface area contributed by atoms with Crippen LogP contribution in [0.4, 0.5) is 0 Å². The molecular weight excluding hydrogens is 479 g/mol. The van der Waals surface area contributed by atoms with Gasteiger partial charge in [-0.15, -0.1) is 37.1 Å². The number of guanidine groups is 1. The summed E-state index contributed by atoms with van der Waals surface area (Å²) in [5, 5.41) is 6.76. The molecule has 7 heteroatoms. The lowest BCUT2D eigenvalue weighted by Crippen LogP contribution is -2.43. The number of rotatable bonds is 15. The van der Waals surface area contributed by atoms with Gasteiger partial charge in [-0.05, 0) is 25.7 Å². The van der Waals surface area contributed by atoms with Gasteiger partial charge in [0, 0.05) is 51.4 Å². The lowest BCUT2D eigenvalue weighted by atomic mass is 10.0. The summed E-state index contributed by atoms with van der Waals surface area (Å²) in [7, 11) is 0. The van der Waals surface area contributed by atoms with Crippen LogP contribution in [0.2, 0.25) is 0 Å². The minimum absolute atomic E-state index is 0. The Balaban J connectivity index is 0.00000784. The van der Waals surface area contributed by atoms with E-state index in [1.54, 1.807) is 0 Å². The van der Waals surface area contributed by atoms with Crippen molar-refractivity contribution < 1.29 is 9.47 Å². The zero-order valence-electron chi connectivity index (χ0n) is 18.7. The Labute approximate surface area is 195 Å². The zero-order valence-corrected chi connectivity index (χ0v) is 21.0. The van der Waals surface area contributed by atoms with E-state index in [9.17, 15) is 0 Å². The fraction of sp³-hybridized carbons (Fsp3) is 0.773. The number of nitrogens with one attached hydrogen (secondary N) is 2. The Kier molecular flexibility index (Phi) is 17.8. The predicted molar refractivity (Wildman–Crippen MR) is 134 cm³/mol. The van der Waals surface area contributed by atoms with Crippen LogP contribution >= 0.6 is 24.0 Å². The summed E-state index contributed by atoms with van der Waals surface area (Å²) in [5.41, 5.74) is 0. The topological polar surface area (TPSA) is 58.1 Å². The van der Waals surface area contributed by atoms with Gasteiger partial charge < -0.3 is 20.1 Å². The van der Waals surface area contributed by atoms with E-state index in [1.165, 1.54) is 0 Å². The summed E-state index contributed by atoms with van der Waals surface area (Å²) < 4.78 is 11.1. The average molecular weight is 523 g/mol. The first-order valence-corrected chi connectivity index (χ1v) is 10.8. The van der Waals surface area contributed by atoms with Gasteiger partial charge in [0.1, 0.15) is 0 Å². The maximum atomic E-state index is 5.77. The highest BCUT2D eigenvalue weighted by Gasteiger charge is 2.20. The first-order valence-electron chi connectivity index (χ1n) is 10.8. The molecule has 0 spiro atoms. The van der Waals surface area contributed by atoms with Crippen LogP contribution in [0.15, 0.2) is 30.3 Å². The molecule has 2 N–H and O–H groups in total. The minimum Gasteiger partial charge on any atom is -0.381 e. The number of nitrogens with zero attached hydrogens (tertiary/aromatic N) is 2. The Bertz CT molecular complexity index is 444. The third-order valence-electron chi connectivity index (χ3n) is 4.88. The summed E-state index contributed by atoms with van der Waals surface area (Å²) in [6.07, 6.45) is 5.99. The molecule has 0 radical (unpaired) electrons. The predicted octanol–water partition coefficient (Wildman–Crippen LogP) is 3.30. The largest absolute Gasteiger partial charge is 0.381 e. The fourth-order valence-electron chi connectivity index (χ4n) is 3.30. The van der Waals surface area contributed by atoms with Crippen molar-refractivity contribution in [2.75, 3.05) is 59.2 Å². The summed E-state index contributed by atoms with van der Waals surface area (Å²) in [6.45, 7) is 21.8. The number of ether oxygens (including phenoxy) is 2. The van der Waals surface area contributed by atoms with E-state index in [0.29, 0.717) is 17.9 Å². The molecule has 1 aliphatic rings. The molecule has 0 saturated carbocycles. The SMILES string of the molecule is C=CCN(CC=C)C(CN=C(NCC)NCCCOCC1CCOC1)C(C)C.I. The van der Waals surface area contributed by atoms with Crippen LogP contribution in [-0.4, -0.2) is 76.1 Å². The maximum absolute atomic E-state index is 5.77. The molecule has 0 amide bonds. The molecule has 0 bridgehead atoms. The quantitative estimate of drug-likeness (QED) is 0.114. The van der Waals surface area contributed by atoms with Crippen molar-refractivity contribution in [3.8, 4) is 0 Å². The molecule has 1 heterocycles. The third-order valence-corrected chi connectivity index (χ3v) is 4.88. The smallest absolute Gasteiger partial charge is 0.191 e. The lowest BCUT2D eigenvalue weighted by Gasteiger charge is -2.32. The van der Waals surface area contributed by atoms with E-state index in [0.717, 1.165) is 78.0 Å². The van der Waals surface area contributed by atoms with Gasteiger partial charge in [-0.2, -0.15) is 0 Å². The van der Waals surface area contributed by atoms with Crippen LogP contribution in [0.5, 0.6) is 0 Å². The van der Waals surface area contributed by atoms with Crippen LogP contribution in [0.3, 0.4) is 0 Å². The van der Waals surface area contributed by atoms with Crippen LogP contribution < -0.4 is 10.6 Å². The van der Waals surface area contributed by atoms with Crippen molar-refractivity contribution in [3.05, 3.63) is 25.3 Å². The second kappa shape index (κ2) is 18.2. The lowest BCUT2D eigenvalue weighted by molar-refractivity contribution is 0.0888. The monoisotopic (exact) mass is 522 g/mol. The highest BCUT2D eigenvalue weighted by atomic mass is 127. The van der Waals surface area contributed by atoms with Crippen molar-refractivity contribution in [1.82, 2.24) is 15.5 Å². The van der Waals surface area contributed by atoms with E-state index >= 15 is 0 Å². The number of hydrogen-bond donors (Lipinski definition) is 2.